The average molecular weight is 440 g/mol. The number of rotatable bonds is 5. The SMILES string of the molecule is CC1=C(N2CCC3(CCN(C[C@@H](O)c4cncc(-n5cnnn5)c4)CC3)CC2)COC1=O. The summed E-state index contributed by atoms with van der Waals surface area (Å²) in [7, 11) is 0. The number of carbonyl (C=O) groups excluding carboxylic acids is 1. The first kappa shape index (κ1) is 21.0. The Morgan fingerprint density at radius 2 is 1.91 bits per heavy atom. The Kier molecular flexibility index (Phi) is 5.64. The van der Waals surface area contributed by atoms with Gasteiger partial charge in [0.25, 0.3) is 0 Å². The molecule has 0 unspecified atom stereocenters. The predicted octanol–water partition coefficient (Wildman–Crippen LogP) is 1.10. The molecule has 0 aliphatic carbocycles. The van der Waals surface area contributed by atoms with Gasteiger partial charge in [0, 0.05) is 31.4 Å². The molecule has 3 aliphatic heterocycles. The van der Waals surface area contributed by atoms with Crippen LogP contribution in [0.15, 0.2) is 36.1 Å². The Bertz CT molecular complexity index is 989. The number of β-amino-alcohol motifs (C(OH)–C–C–N with tert-alkyl or cyclic N) is 1. The molecule has 5 heterocycles. The second-order valence-electron chi connectivity index (χ2n) is 9.18. The first-order chi connectivity index (χ1) is 15.5. The number of piperidine rings is 2. The topological polar surface area (TPSA) is 110 Å². The fourth-order valence-corrected chi connectivity index (χ4v) is 5.14. The lowest BCUT2D eigenvalue weighted by Crippen LogP contribution is -2.47. The lowest BCUT2D eigenvalue weighted by molar-refractivity contribution is -0.136. The van der Waals surface area contributed by atoms with Gasteiger partial charge in [0.05, 0.1) is 29.3 Å². The Morgan fingerprint density at radius 1 is 1.16 bits per heavy atom. The molecule has 0 radical (unpaired) electrons. The Balaban J connectivity index is 1.14. The zero-order chi connectivity index (χ0) is 22.1. The quantitative estimate of drug-likeness (QED) is 0.685. The van der Waals surface area contributed by atoms with Gasteiger partial charge >= 0.3 is 5.97 Å². The molecule has 10 nitrogen and oxygen atoms in total. The van der Waals surface area contributed by atoms with Crippen LogP contribution in [0.1, 0.15) is 44.3 Å². The third kappa shape index (κ3) is 4.12. The maximum atomic E-state index is 11.7. The summed E-state index contributed by atoms with van der Waals surface area (Å²) in [5, 5.41) is 22.0. The minimum atomic E-state index is -0.607. The molecule has 3 aliphatic rings. The summed E-state index contributed by atoms with van der Waals surface area (Å²) in [5.74, 6) is -0.175. The summed E-state index contributed by atoms with van der Waals surface area (Å²) in [4.78, 5) is 20.6. The molecule has 32 heavy (non-hydrogen) atoms. The molecule has 5 rings (SSSR count). The largest absolute Gasteiger partial charge is 0.456 e. The molecular formula is C22H29N7O3. The number of aromatic nitrogens is 5. The number of aliphatic hydroxyl groups excluding tert-OH is 1. The molecule has 0 amide bonds. The first-order valence-electron chi connectivity index (χ1n) is 11.2. The third-order valence-corrected chi connectivity index (χ3v) is 7.38. The van der Waals surface area contributed by atoms with E-state index >= 15 is 0 Å². The van der Waals surface area contributed by atoms with Crippen LogP contribution in [0.3, 0.4) is 0 Å². The first-order valence-corrected chi connectivity index (χ1v) is 11.2. The van der Waals surface area contributed by atoms with Crippen molar-refractivity contribution in [1.82, 2.24) is 35.0 Å². The van der Waals surface area contributed by atoms with Crippen molar-refractivity contribution in [2.24, 2.45) is 5.41 Å². The van der Waals surface area contributed by atoms with Crippen molar-refractivity contribution in [1.29, 1.82) is 0 Å². The van der Waals surface area contributed by atoms with Crippen LogP contribution in [0.4, 0.5) is 0 Å². The number of aliphatic hydroxyl groups is 1. The van der Waals surface area contributed by atoms with Crippen LogP contribution in [-0.2, 0) is 9.53 Å². The van der Waals surface area contributed by atoms with Gasteiger partial charge in [0.15, 0.2) is 0 Å². The summed E-state index contributed by atoms with van der Waals surface area (Å²) in [6, 6.07) is 1.88. The average Bonchev–Trinajstić information content (AvgIpc) is 3.47. The number of hydrogen-bond acceptors (Lipinski definition) is 9. The zero-order valence-corrected chi connectivity index (χ0v) is 18.4. The fourth-order valence-electron chi connectivity index (χ4n) is 5.14. The molecule has 10 heteroatoms. The van der Waals surface area contributed by atoms with E-state index in [1.165, 1.54) is 11.0 Å². The normalized spacial score (nSPS) is 22.4. The summed E-state index contributed by atoms with van der Waals surface area (Å²) in [6.07, 6.45) is 8.86. The molecule has 2 fully saturated rings. The van der Waals surface area contributed by atoms with Gasteiger partial charge in [-0.2, -0.15) is 4.68 Å². The zero-order valence-electron chi connectivity index (χ0n) is 18.4. The number of likely N-dealkylation sites (tertiary alicyclic amines) is 2. The van der Waals surface area contributed by atoms with E-state index in [0.29, 0.717) is 18.6 Å². The standard InChI is InChI=1S/C22H29N7O3/c1-16-19(14-32-21(16)31)28-8-4-22(5-9-28)2-6-27(7-3-22)13-20(30)17-10-18(12-23-11-17)29-15-24-25-26-29/h10-12,15,20,30H,2-9,13-14H2,1H3/t20-/m1/s1. The van der Waals surface area contributed by atoms with Gasteiger partial charge in [-0.3, -0.25) is 4.98 Å². The van der Waals surface area contributed by atoms with Crippen LogP contribution in [-0.4, -0.2) is 85.4 Å². The highest BCUT2D eigenvalue weighted by molar-refractivity contribution is 5.90. The summed E-state index contributed by atoms with van der Waals surface area (Å²) >= 11 is 0. The maximum Gasteiger partial charge on any atom is 0.335 e. The monoisotopic (exact) mass is 439 g/mol. The molecule has 0 saturated carbocycles. The second-order valence-corrected chi connectivity index (χ2v) is 9.18. The van der Waals surface area contributed by atoms with Crippen molar-refractivity contribution in [3.63, 3.8) is 0 Å². The van der Waals surface area contributed by atoms with Crippen LogP contribution < -0.4 is 0 Å². The summed E-state index contributed by atoms with van der Waals surface area (Å²) < 4.78 is 6.72. The number of cyclic esters (lactones) is 1. The maximum absolute atomic E-state index is 11.7. The molecule has 2 saturated heterocycles. The van der Waals surface area contributed by atoms with Crippen molar-refractivity contribution >= 4 is 5.97 Å². The Hall–Kier alpha value is -2.85. The number of esters is 1. The molecule has 1 atom stereocenters. The molecule has 2 aromatic rings. The second kappa shape index (κ2) is 8.59. The third-order valence-electron chi connectivity index (χ3n) is 7.38. The van der Waals surface area contributed by atoms with Crippen LogP contribution in [0.25, 0.3) is 5.69 Å². The van der Waals surface area contributed by atoms with Gasteiger partial charge < -0.3 is 19.6 Å². The molecule has 0 aromatic carbocycles. The molecule has 2 aromatic heterocycles. The highest BCUT2D eigenvalue weighted by atomic mass is 16.5. The van der Waals surface area contributed by atoms with E-state index in [1.807, 2.05) is 13.0 Å². The predicted molar refractivity (Wildman–Crippen MR) is 114 cm³/mol. The Morgan fingerprint density at radius 3 is 2.56 bits per heavy atom. The van der Waals surface area contributed by atoms with E-state index in [0.717, 1.165) is 74.4 Å². The fraction of sp³-hybridized carbons (Fsp3) is 0.591. The van der Waals surface area contributed by atoms with Crippen molar-refractivity contribution in [3.8, 4) is 5.69 Å². The lowest BCUT2D eigenvalue weighted by Gasteiger charge is -2.47. The van der Waals surface area contributed by atoms with Crippen molar-refractivity contribution in [2.75, 3.05) is 39.3 Å². The molecule has 0 bridgehead atoms. The number of hydrogen-bond donors (Lipinski definition) is 1. The van der Waals surface area contributed by atoms with E-state index in [4.69, 9.17) is 4.74 Å². The highest BCUT2D eigenvalue weighted by Gasteiger charge is 2.39. The highest BCUT2D eigenvalue weighted by Crippen LogP contribution is 2.42. The number of pyridine rings is 1. The number of ether oxygens (including phenoxy) is 1. The molecule has 170 valence electrons. The number of tetrazole rings is 1. The van der Waals surface area contributed by atoms with Crippen LogP contribution >= 0.6 is 0 Å². The molecule has 1 N–H and O–H groups in total. The minimum absolute atomic E-state index is 0.175. The van der Waals surface area contributed by atoms with E-state index in [1.54, 1.807) is 12.4 Å². The van der Waals surface area contributed by atoms with Crippen LogP contribution in [0, 0.1) is 5.41 Å². The summed E-state index contributed by atoms with van der Waals surface area (Å²) in [6.45, 7) is 6.83. The van der Waals surface area contributed by atoms with Crippen molar-refractivity contribution in [3.05, 3.63) is 41.6 Å². The minimum Gasteiger partial charge on any atom is -0.456 e. The van der Waals surface area contributed by atoms with Gasteiger partial charge in [0.1, 0.15) is 12.9 Å². The van der Waals surface area contributed by atoms with E-state index in [-0.39, 0.29) is 5.97 Å². The smallest absolute Gasteiger partial charge is 0.335 e. The molecule has 1 spiro atoms. The van der Waals surface area contributed by atoms with Crippen molar-refractivity contribution < 1.29 is 14.6 Å². The van der Waals surface area contributed by atoms with Gasteiger partial charge in [-0.25, -0.2) is 4.79 Å². The Labute approximate surface area is 186 Å². The summed E-state index contributed by atoms with van der Waals surface area (Å²) in [5.41, 5.74) is 3.71. The van der Waals surface area contributed by atoms with Gasteiger partial charge in [-0.15, -0.1) is 5.10 Å². The number of nitrogens with zero attached hydrogens (tertiary/aromatic N) is 7. The van der Waals surface area contributed by atoms with Crippen molar-refractivity contribution in [2.45, 2.75) is 38.7 Å². The van der Waals surface area contributed by atoms with E-state index in [2.05, 4.69) is 30.3 Å². The van der Waals surface area contributed by atoms with Crippen LogP contribution in [0.5, 0.6) is 0 Å². The number of carbonyl (C=O) groups is 1. The van der Waals surface area contributed by atoms with E-state index < -0.39 is 6.10 Å². The van der Waals surface area contributed by atoms with E-state index in [9.17, 15) is 9.90 Å². The molecular weight excluding hydrogens is 410 g/mol. The van der Waals surface area contributed by atoms with Gasteiger partial charge in [-0.05, 0) is 67.6 Å². The van der Waals surface area contributed by atoms with Crippen LogP contribution in [0.2, 0.25) is 0 Å². The van der Waals surface area contributed by atoms with Gasteiger partial charge in [0.2, 0.25) is 0 Å². The lowest BCUT2D eigenvalue weighted by atomic mass is 9.71. The van der Waals surface area contributed by atoms with Gasteiger partial charge in [-0.1, -0.05) is 0 Å².